The topological polar surface area (TPSA) is 48.5 Å². The zero-order chi connectivity index (χ0) is 30.6. The number of aromatic nitrogens is 5. The molecule has 0 saturated heterocycles. The first-order chi connectivity index (χ1) is 22.8. The predicted octanol–water partition coefficient (Wildman–Crippen LogP) is 9.96. The van der Waals surface area contributed by atoms with Gasteiger partial charge in [0, 0.05) is 38.4 Å². The molecule has 0 spiro atoms. The van der Waals surface area contributed by atoms with E-state index in [-0.39, 0.29) is 0 Å². The Morgan fingerprint density at radius 1 is 0.435 bits per heavy atom. The Balaban J connectivity index is 1.39. The quantitative estimate of drug-likeness (QED) is 0.200. The molecule has 0 saturated carbocycles. The summed E-state index contributed by atoms with van der Waals surface area (Å²) in [6.07, 6.45) is 1.02. The van der Waals surface area contributed by atoms with Crippen LogP contribution in [0.3, 0.4) is 0 Å². The zero-order valence-electron chi connectivity index (χ0n) is 25.3. The average molecular weight is 592 g/mol. The van der Waals surface area contributed by atoms with Crippen molar-refractivity contribution in [3.8, 4) is 34.4 Å². The van der Waals surface area contributed by atoms with Gasteiger partial charge in [0.2, 0.25) is 5.95 Å². The lowest BCUT2D eigenvalue weighted by Gasteiger charge is -2.11. The van der Waals surface area contributed by atoms with Crippen LogP contribution in [0.4, 0.5) is 0 Å². The maximum absolute atomic E-state index is 5.12. The van der Waals surface area contributed by atoms with Crippen LogP contribution in [-0.2, 0) is 6.42 Å². The molecule has 0 aliphatic heterocycles. The van der Waals surface area contributed by atoms with E-state index >= 15 is 0 Å². The van der Waals surface area contributed by atoms with Gasteiger partial charge in [-0.3, -0.25) is 4.57 Å². The summed E-state index contributed by atoms with van der Waals surface area (Å²) in [6, 6.07) is 51.0. The van der Waals surface area contributed by atoms with E-state index in [0.29, 0.717) is 17.6 Å². The molecule has 0 bridgehead atoms. The number of nitrogens with zero attached hydrogens (tertiary/aromatic N) is 5. The molecule has 5 nitrogen and oxygen atoms in total. The van der Waals surface area contributed by atoms with E-state index in [1.54, 1.807) is 0 Å². The first-order valence-electron chi connectivity index (χ1n) is 15.7. The molecule has 218 valence electrons. The summed E-state index contributed by atoms with van der Waals surface area (Å²) in [7, 11) is 0. The second-order valence-corrected chi connectivity index (χ2v) is 11.6. The largest absolute Gasteiger partial charge is 0.309 e. The van der Waals surface area contributed by atoms with E-state index in [0.717, 1.165) is 39.7 Å². The molecule has 0 amide bonds. The van der Waals surface area contributed by atoms with Crippen LogP contribution in [0.15, 0.2) is 146 Å². The fourth-order valence-electron chi connectivity index (χ4n) is 6.79. The van der Waals surface area contributed by atoms with E-state index < -0.39 is 0 Å². The molecular weight excluding hydrogens is 562 g/mol. The average Bonchev–Trinajstić information content (AvgIpc) is 3.65. The first-order valence-corrected chi connectivity index (χ1v) is 15.7. The van der Waals surface area contributed by atoms with Gasteiger partial charge in [0.15, 0.2) is 11.6 Å². The molecule has 0 aliphatic carbocycles. The number of rotatable bonds is 5. The molecule has 0 aliphatic rings. The maximum Gasteiger partial charge on any atom is 0.238 e. The van der Waals surface area contributed by atoms with Gasteiger partial charge >= 0.3 is 0 Å². The van der Waals surface area contributed by atoms with E-state index in [2.05, 4.69) is 101 Å². The molecule has 6 aromatic carbocycles. The lowest BCUT2D eigenvalue weighted by atomic mass is 10.1. The smallest absolute Gasteiger partial charge is 0.238 e. The Kier molecular flexibility index (Phi) is 6.03. The number of benzene rings is 6. The Hall–Kier alpha value is -6.07. The van der Waals surface area contributed by atoms with Gasteiger partial charge < -0.3 is 4.57 Å². The van der Waals surface area contributed by atoms with Crippen molar-refractivity contribution in [3.05, 3.63) is 151 Å². The molecule has 0 fully saturated rings. The molecule has 0 N–H and O–H groups in total. The Morgan fingerprint density at radius 3 is 1.46 bits per heavy atom. The fraction of sp³-hybridized carbons (Fsp3) is 0.0488. The van der Waals surface area contributed by atoms with Crippen molar-refractivity contribution in [1.82, 2.24) is 24.1 Å². The standard InChI is InChI=1S/C41H29N5/c1-2-27-21-23-30(24-22-27)45-33-19-11-9-17-31(33)37-35(45)25-26-36-38(37)32-18-10-12-20-34(32)46(36)41-43-39(28-13-5-3-6-14-28)42-40(44-41)29-15-7-4-8-16-29/h3-26H,2H2,1H3. The van der Waals surface area contributed by atoms with Gasteiger partial charge in [-0.25, -0.2) is 4.98 Å². The first kappa shape index (κ1) is 26.3. The van der Waals surface area contributed by atoms with Gasteiger partial charge in [0.25, 0.3) is 0 Å². The SMILES string of the molecule is CCc1ccc(-n2c3ccccc3c3c4c5ccccc5n(-c5nc(-c6ccccc6)nc(-c6ccccc6)n5)c4ccc32)cc1. The molecule has 0 atom stereocenters. The highest BCUT2D eigenvalue weighted by atomic mass is 15.2. The Labute approximate surface area is 266 Å². The lowest BCUT2D eigenvalue weighted by molar-refractivity contribution is 0.953. The van der Waals surface area contributed by atoms with Crippen LogP contribution in [0.2, 0.25) is 0 Å². The van der Waals surface area contributed by atoms with Crippen LogP contribution >= 0.6 is 0 Å². The van der Waals surface area contributed by atoms with Gasteiger partial charge in [-0.2, -0.15) is 9.97 Å². The predicted molar refractivity (Wildman–Crippen MR) is 189 cm³/mol. The van der Waals surface area contributed by atoms with Crippen LogP contribution < -0.4 is 0 Å². The highest BCUT2D eigenvalue weighted by molar-refractivity contribution is 6.28. The van der Waals surface area contributed by atoms with Crippen molar-refractivity contribution in [2.24, 2.45) is 0 Å². The molecule has 46 heavy (non-hydrogen) atoms. The number of fused-ring (bicyclic) bond motifs is 7. The molecule has 0 unspecified atom stereocenters. The lowest BCUT2D eigenvalue weighted by Crippen LogP contribution is -2.06. The third-order valence-electron chi connectivity index (χ3n) is 8.96. The second-order valence-electron chi connectivity index (χ2n) is 11.6. The van der Waals surface area contributed by atoms with Crippen LogP contribution in [0.5, 0.6) is 0 Å². The Bertz CT molecular complexity index is 2490. The normalized spacial score (nSPS) is 11.7. The molecule has 3 heterocycles. The molecule has 0 radical (unpaired) electrons. The van der Waals surface area contributed by atoms with Gasteiger partial charge in [0.05, 0.1) is 22.1 Å². The third-order valence-corrected chi connectivity index (χ3v) is 8.96. The minimum atomic E-state index is 0.595. The van der Waals surface area contributed by atoms with Crippen LogP contribution in [0, 0.1) is 0 Å². The van der Waals surface area contributed by atoms with Crippen molar-refractivity contribution in [2.45, 2.75) is 13.3 Å². The molecule has 3 aromatic heterocycles. The summed E-state index contributed by atoms with van der Waals surface area (Å²) in [5.74, 6) is 1.88. The summed E-state index contributed by atoms with van der Waals surface area (Å²) in [6.45, 7) is 2.19. The molecule has 9 rings (SSSR count). The van der Waals surface area contributed by atoms with E-state index in [1.165, 1.54) is 32.8 Å². The molecule has 5 heteroatoms. The maximum atomic E-state index is 5.12. The van der Waals surface area contributed by atoms with E-state index in [4.69, 9.17) is 15.0 Å². The van der Waals surface area contributed by atoms with Gasteiger partial charge in [-0.05, 0) is 48.4 Å². The molecular formula is C41H29N5. The summed E-state index contributed by atoms with van der Waals surface area (Å²) in [4.78, 5) is 15.2. The van der Waals surface area contributed by atoms with Crippen molar-refractivity contribution in [3.63, 3.8) is 0 Å². The summed E-state index contributed by atoms with van der Waals surface area (Å²) < 4.78 is 4.59. The van der Waals surface area contributed by atoms with Crippen LogP contribution in [0.1, 0.15) is 12.5 Å². The van der Waals surface area contributed by atoms with Crippen molar-refractivity contribution < 1.29 is 0 Å². The third kappa shape index (κ3) is 4.06. The second kappa shape index (κ2) is 10.5. The highest BCUT2D eigenvalue weighted by Crippen LogP contribution is 2.42. The van der Waals surface area contributed by atoms with E-state index in [9.17, 15) is 0 Å². The summed E-state index contributed by atoms with van der Waals surface area (Å²) >= 11 is 0. The van der Waals surface area contributed by atoms with Crippen molar-refractivity contribution in [2.75, 3.05) is 0 Å². The van der Waals surface area contributed by atoms with E-state index in [1.807, 2.05) is 60.7 Å². The van der Waals surface area contributed by atoms with Gasteiger partial charge in [-0.1, -0.05) is 116 Å². The number of hydrogen-bond acceptors (Lipinski definition) is 3. The number of para-hydroxylation sites is 2. The van der Waals surface area contributed by atoms with Crippen molar-refractivity contribution in [1.29, 1.82) is 0 Å². The van der Waals surface area contributed by atoms with Gasteiger partial charge in [0.1, 0.15) is 0 Å². The monoisotopic (exact) mass is 591 g/mol. The fourth-order valence-corrected chi connectivity index (χ4v) is 6.79. The summed E-state index contributed by atoms with van der Waals surface area (Å²) in [5, 5.41) is 4.80. The van der Waals surface area contributed by atoms with Gasteiger partial charge in [-0.15, -0.1) is 0 Å². The van der Waals surface area contributed by atoms with Crippen molar-refractivity contribution >= 4 is 43.6 Å². The Morgan fingerprint density at radius 2 is 0.913 bits per heavy atom. The minimum Gasteiger partial charge on any atom is -0.309 e. The number of hydrogen-bond donors (Lipinski definition) is 0. The molecule has 9 aromatic rings. The minimum absolute atomic E-state index is 0.595. The number of aryl methyl sites for hydroxylation is 1. The zero-order valence-corrected chi connectivity index (χ0v) is 25.3. The van der Waals surface area contributed by atoms with Crippen LogP contribution in [0.25, 0.3) is 78.0 Å². The van der Waals surface area contributed by atoms with Crippen LogP contribution in [-0.4, -0.2) is 24.1 Å². The highest BCUT2D eigenvalue weighted by Gasteiger charge is 2.22. The summed E-state index contributed by atoms with van der Waals surface area (Å²) in [5.41, 5.74) is 8.85.